The summed E-state index contributed by atoms with van der Waals surface area (Å²) in [6, 6.07) is 13.4. The van der Waals surface area contributed by atoms with Gasteiger partial charge in [-0.3, -0.25) is 4.79 Å². The minimum atomic E-state index is -0.421. The zero-order valence-corrected chi connectivity index (χ0v) is 10.3. The van der Waals surface area contributed by atoms with Gasteiger partial charge in [-0.05, 0) is 28.8 Å². The highest BCUT2D eigenvalue weighted by Crippen LogP contribution is 2.22. The van der Waals surface area contributed by atoms with Crippen molar-refractivity contribution in [3.8, 4) is 11.1 Å². The van der Waals surface area contributed by atoms with Crippen LogP contribution in [0.5, 0.6) is 0 Å². The van der Waals surface area contributed by atoms with Crippen LogP contribution < -0.4 is 11.5 Å². The normalized spacial score (nSPS) is 12.1. The van der Waals surface area contributed by atoms with Crippen LogP contribution in [0.1, 0.15) is 18.0 Å². The lowest BCUT2D eigenvalue weighted by Gasteiger charge is -2.10. The van der Waals surface area contributed by atoms with Crippen molar-refractivity contribution in [1.29, 1.82) is 0 Å². The van der Waals surface area contributed by atoms with Crippen molar-refractivity contribution < 1.29 is 9.18 Å². The Balaban J connectivity index is 2.18. The molecule has 19 heavy (non-hydrogen) atoms. The first-order valence-corrected chi connectivity index (χ1v) is 5.96. The molecule has 4 N–H and O–H groups in total. The van der Waals surface area contributed by atoms with Gasteiger partial charge in [0, 0.05) is 12.5 Å². The van der Waals surface area contributed by atoms with E-state index in [0.717, 1.165) is 16.7 Å². The summed E-state index contributed by atoms with van der Waals surface area (Å²) in [5.41, 5.74) is 13.7. The van der Waals surface area contributed by atoms with E-state index in [2.05, 4.69) is 0 Å². The molecule has 2 aromatic rings. The third kappa shape index (κ3) is 3.39. The highest BCUT2D eigenvalue weighted by Gasteiger charge is 2.09. The minimum Gasteiger partial charge on any atom is -0.370 e. The SMILES string of the molecule is NC(=O)CC(N)c1ccc(-c2ccc(F)cc2)cc1. The molecular formula is C15H15FN2O. The highest BCUT2D eigenvalue weighted by molar-refractivity contribution is 5.74. The van der Waals surface area contributed by atoms with Gasteiger partial charge < -0.3 is 11.5 Å². The van der Waals surface area contributed by atoms with Gasteiger partial charge in [-0.25, -0.2) is 4.39 Å². The van der Waals surface area contributed by atoms with E-state index in [1.165, 1.54) is 12.1 Å². The van der Waals surface area contributed by atoms with Crippen LogP contribution in [0.2, 0.25) is 0 Å². The van der Waals surface area contributed by atoms with Gasteiger partial charge in [0.25, 0.3) is 0 Å². The molecule has 3 nitrogen and oxygen atoms in total. The maximum Gasteiger partial charge on any atom is 0.219 e. The summed E-state index contributed by atoms with van der Waals surface area (Å²) in [5.74, 6) is -0.682. The average molecular weight is 258 g/mol. The van der Waals surface area contributed by atoms with Crippen LogP contribution in [0.25, 0.3) is 11.1 Å². The van der Waals surface area contributed by atoms with E-state index in [4.69, 9.17) is 11.5 Å². The van der Waals surface area contributed by atoms with Crippen LogP contribution in [0, 0.1) is 5.82 Å². The van der Waals surface area contributed by atoms with Crippen molar-refractivity contribution in [1.82, 2.24) is 0 Å². The Morgan fingerprint density at radius 2 is 1.47 bits per heavy atom. The van der Waals surface area contributed by atoms with Gasteiger partial charge in [0.15, 0.2) is 0 Å². The zero-order valence-electron chi connectivity index (χ0n) is 10.3. The quantitative estimate of drug-likeness (QED) is 0.884. The van der Waals surface area contributed by atoms with Crippen LogP contribution in [-0.2, 0) is 4.79 Å². The molecule has 1 atom stereocenters. The summed E-state index contributed by atoms with van der Waals surface area (Å²) in [4.78, 5) is 10.8. The Bertz CT molecular complexity index is 564. The fourth-order valence-corrected chi connectivity index (χ4v) is 1.90. The number of primary amides is 1. The number of rotatable bonds is 4. The monoisotopic (exact) mass is 258 g/mol. The van der Waals surface area contributed by atoms with Crippen molar-refractivity contribution in [3.63, 3.8) is 0 Å². The smallest absolute Gasteiger partial charge is 0.219 e. The van der Waals surface area contributed by atoms with E-state index in [1.54, 1.807) is 12.1 Å². The summed E-state index contributed by atoms with van der Waals surface area (Å²) in [6.07, 6.45) is 0.121. The molecule has 2 rings (SSSR count). The predicted molar refractivity (Wildman–Crippen MR) is 72.6 cm³/mol. The second-order valence-corrected chi connectivity index (χ2v) is 4.41. The molecule has 0 aliphatic carbocycles. The zero-order chi connectivity index (χ0) is 13.8. The summed E-state index contributed by atoms with van der Waals surface area (Å²) in [5, 5.41) is 0. The Kier molecular flexibility index (Phi) is 3.92. The molecular weight excluding hydrogens is 243 g/mol. The number of hydrogen-bond donors (Lipinski definition) is 2. The van der Waals surface area contributed by atoms with E-state index < -0.39 is 5.91 Å². The molecule has 0 saturated heterocycles. The highest BCUT2D eigenvalue weighted by atomic mass is 19.1. The van der Waals surface area contributed by atoms with Gasteiger partial charge in [0.1, 0.15) is 5.82 Å². The molecule has 2 aromatic carbocycles. The fourth-order valence-electron chi connectivity index (χ4n) is 1.90. The molecule has 1 unspecified atom stereocenters. The van der Waals surface area contributed by atoms with Gasteiger partial charge in [0.2, 0.25) is 5.91 Å². The first-order valence-electron chi connectivity index (χ1n) is 5.96. The van der Waals surface area contributed by atoms with Crippen LogP contribution in [0.3, 0.4) is 0 Å². The van der Waals surface area contributed by atoms with Gasteiger partial charge >= 0.3 is 0 Å². The molecule has 0 aromatic heterocycles. The summed E-state index contributed by atoms with van der Waals surface area (Å²) < 4.78 is 12.8. The van der Waals surface area contributed by atoms with Crippen LogP contribution >= 0.6 is 0 Å². The number of hydrogen-bond acceptors (Lipinski definition) is 2. The Morgan fingerprint density at radius 1 is 1.00 bits per heavy atom. The second kappa shape index (κ2) is 5.63. The lowest BCUT2D eigenvalue weighted by atomic mass is 9.99. The Hall–Kier alpha value is -2.20. The van der Waals surface area contributed by atoms with Gasteiger partial charge in [-0.15, -0.1) is 0 Å². The lowest BCUT2D eigenvalue weighted by molar-refractivity contribution is -0.118. The molecule has 0 radical (unpaired) electrons. The van der Waals surface area contributed by atoms with Crippen molar-refractivity contribution in [3.05, 3.63) is 59.9 Å². The lowest BCUT2D eigenvalue weighted by Crippen LogP contribution is -2.20. The number of amides is 1. The van der Waals surface area contributed by atoms with Gasteiger partial charge in [-0.2, -0.15) is 0 Å². The van der Waals surface area contributed by atoms with E-state index >= 15 is 0 Å². The summed E-state index contributed by atoms with van der Waals surface area (Å²) in [7, 11) is 0. The maximum absolute atomic E-state index is 12.8. The number of benzene rings is 2. The molecule has 98 valence electrons. The third-order valence-corrected chi connectivity index (χ3v) is 2.94. The molecule has 0 bridgehead atoms. The number of carbonyl (C=O) groups excluding carboxylic acids is 1. The molecule has 4 heteroatoms. The number of halogens is 1. The minimum absolute atomic E-state index is 0.121. The molecule has 1 amide bonds. The topological polar surface area (TPSA) is 69.1 Å². The first kappa shape index (κ1) is 13.2. The molecule has 0 saturated carbocycles. The van der Waals surface area contributed by atoms with Crippen molar-refractivity contribution >= 4 is 5.91 Å². The van der Waals surface area contributed by atoms with Crippen LogP contribution in [-0.4, -0.2) is 5.91 Å². The van der Waals surface area contributed by atoms with Gasteiger partial charge in [-0.1, -0.05) is 36.4 Å². The Labute approximate surface area is 111 Å². The van der Waals surface area contributed by atoms with Crippen LogP contribution in [0.15, 0.2) is 48.5 Å². The molecule has 0 spiro atoms. The third-order valence-electron chi connectivity index (χ3n) is 2.94. The Morgan fingerprint density at radius 3 is 1.95 bits per heavy atom. The van der Waals surface area contributed by atoms with Gasteiger partial charge in [0.05, 0.1) is 0 Å². The average Bonchev–Trinajstić information content (AvgIpc) is 2.39. The molecule has 0 fully saturated rings. The van der Waals surface area contributed by atoms with Crippen molar-refractivity contribution in [2.75, 3.05) is 0 Å². The molecule has 0 heterocycles. The second-order valence-electron chi connectivity index (χ2n) is 4.41. The van der Waals surface area contributed by atoms with E-state index in [0.29, 0.717) is 0 Å². The molecule has 0 aliphatic heterocycles. The summed E-state index contributed by atoms with van der Waals surface area (Å²) >= 11 is 0. The first-order chi connectivity index (χ1) is 9.06. The predicted octanol–water partition coefficient (Wildman–Crippen LogP) is 2.37. The summed E-state index contributed by atoms with van der Waals surface area (Å²) in [6.45, 7) is 0. The van der Waals surface area contributed by atoms with E-state index in [1.807, 2.05) is 24.3 Å². The fraction of sp³-hybridized carbons (Fsp3) is 0.133. The van der Waals surface area contributed by atoms with E-state index in [-0.39, 0.29) is 18.3 Å². The number of carbonyl (C=O) groups is 1. The van der Waals surface area contributed by atoms with Crippen molar-refractivity contribution in [2.24, 2.45) is 11.5 Å². The standard InChI is InChI=1S/C15H15FN2O/c16-13-7-5-11(6-8-13)10-1-3-12(4-2-10)14(17)9-15(18)19/h1-8,14H,9,17H2,(H2,18,19). The largest absolute Gasteiger partial charge is 0.370 e. The van der Waals surface area contributed by atoms with Crippen molar-refractivity contribution in [2.45, 2.75) is 12.5 Å². The van der Waals surface area contributed by atoms with E-state index in [9.17, 15) is 9.18 Å². The maximum atomic E-state index is 12.8. The van der Waals surface area contributed by atoms with Crippen LogP contribution in [0.4, 0.5) is 4.39 Å². The number of nitrogens with two attached hydrogens (primary N) is 2. The molecule has 0 aliphatic rings.